The number of halogens is 2. The second-order valence-electron chi connectivity index (χ2n) is 3.42. The van der Waals surface area contributed by atoms with E-state index in [1.165, 1.54) is 6.21 Å². The topological polar surface area (TPSA) is 66.2 Å². The predicted molar refractivity (Wildman–Crippen MR) is 75.8 cm³/mol. The number of hydrogen-bond donors (Lipinski definition) is 1. The van der Waals surface area contributed by atoms with Crippen LogP contribution in [0.4, 0.5) is 0 Å². The lowest BCUT2D eigenvalue weighted by molar-refractivity contribution is -0.119. The van der Waals surface area contributed by atoms with Crippen LogP contribution in [0.25, 0.3) is 0 Å². The molecule has 92 valence electrons. The van der Waals surface area contributed by atoms with Gasteiger partial charge in [-0.3, -0.25) is 4.79 Å². The van der Waals surface area contributed by atoms with Gasteiger partial charge in [-0.1, -0.05) is 39.7 Å². The third kappa shape index (κ3) is 3.24. The van der Waals surface area contributed by atoms with Crippen molar-refractivity contribution in [3.8, 4) is 0 Å². The first-order valence-corrected chi connectivity index (χ1v) is 6.29. The predicted octanol–water partition coefficient (Wildman–Crippen LogP) is 1.99. The van der Waals surface area contributed by atoms with Gasteiger partial charge in [0.05, 0.1) is 12.4 Å². The van der Waals surface area contributed by atoms with Gasteiger partial charge < -0.3 is 0 Å². The highest BCUT2D eigenvalue weighted by Crippen LogP contribution is 2.09. The summed E-state index contributed by atoms with van der Waals surface area (Å²) in [6.07, 6.45) is 3.00. The maximum Gasteiger partial charge on any atom is 0.260 e. The Bertz CT molecular complexity index is 556. The molecule has 1 atom stereocenters. The van der Waals surface area contributed by atoms with Crippen LogP contribution in [0.5, 0.6) is 0 Å². The molecule has 1 aromatic rings. The Hall–Kier alpha value is -1.53. The average Bonchev–Trinajstić information content (AvgIpc) is 2.35. The molecule has 1 amide bonds. The van der Waals surface area contributed by atoms with E-state index >= 15 is 0 Å². The number of nitrogens with one attached hydrogen (secondary N) is 1. The van der Waals surface area contributed by atoms with Crippen molar-refractivity contribution in [3.05, 3.63) is 34.9 Å². The zero-order chi connectivity index (χ0) is 13.0. The molecule has 1 N–H and O–H groups in total. The number of carbonyl (C=O) groups excluding carboxylic acids is 1. The lowest BCUT2D eigenvalue weighted by Crippen LogP contribution is -2.38. The fraction of sp³-hybridized carbons (Fsp3) is 0.0909. The summed E-state index contributed by atoms with van der Waals surface area (Å²) < 4.78 is 0. The summed E-state index contributed by atoms with van der Waals surface area (Å²) in [7, 11) is 0. The maximum atomic E-state index is 11.3. The second kappa shape index (κ2) is 5.88. The lowest BCUT2D eigenvalue weighted by atomic mass is 10.2. The zero-order valence-corrected chi connectivity index (χ0v) is 11.4. The number of carbonyl (C=O) groups is 1. The molecule has 1 heterocycles. The molecule has 2 rings (SSSR count). The van der Waals surface area contributed by atoms with E-state index in [0.717, 1.165) is 5.56 Å². The first-order chi connectivity index (χ1) is 8.66. The van der Waals surface area contributed by atoms with Crippen LogP contribution < -0.4 is 5.43 Å². The maximum absolute atomic E-state index is 11.3. The van der Waals surface area contributed by atoms with Gasteiger partial charge >= 0.3 is 0 Å². The fourth-order valence-corrected chi connectivity index (χ4v) is 1.75. The Kier molecular flexibility index (Phi) is 4.22. The van der Waals surface area contributed by atoms with Crippen LogP contribution in [0.3, 0.4) is 0 Å². The van der Waals surface area contributed by atoms with Gasteiger partial charge in [0.1, 0.15) is 10.5 Å². The van der Waals surface area contributed by atoms with Crippen molar-refractivity contribution in [2.75, 3.05) is 0 Å². The normalized spacial score (nSPS) is 21.6. The molecule has 1 aliphatic heterocycles. The number of hydrogen-bond acceptors (Lipinski definition) is 4. The highest BCUT2D eigenvalue weighted by atomic mass is 79.9. The minimum atomic E-state index is -0.536. The van der Waals surface area contributed by atoms with Gasteiger partial charge in [-0.05, 0) is 17.7 Å². The Labute approximate surface area is 117 Å². The minimum Gasteiger partial charge on any atom is -0.271 e. The standard InChI is InChI=1S/C11H8BrClN4O/c12-10-9(6-15-17-11(10)18)16-14-5-7-2-1-3-8(13)4-7/h1-6,10H,(H,17,18)/b14-5-,16-9-. The number of hydrazone groups is 1. The third-order valence-corrected chi connectivity index (χ3v) is 3.21. The highest BCUT2D eigenvalue weighted by molar-refractivity contribution is 9.10. The summed E-state index contributed by atoms with van der Waals surface area (Å²) in [5.74, 6) is -0.269. The first-order valence-electron chi connectivity index (χ1n) is 5.00. The molecule has 0 fully saturated rings. The smallest absolute Gasteiger partial charge is 0.260 e. The van der Waals surface area contributed by atoms with Gasteiger partial charge in [-0.25, -0.2) is 5.43 Å². The van der Waals surface area contributed by atoms with Crippen molar-refractivity contribution in [1.29, 1.82) is 0 Å². The van der Waals surface area contributed by atoms with Crippen molar-refractivity contribution >= 4 is 51.6 Å². The Morgan fingerprint density at radius 2 is 2.33 bits per heavy atom. The summed E-state index contributed by atoms with van der Waals surface area (Å²) in [6, 6.07) is 7.21. The van der Waals surface area contributed by atoms with Gasteiger partial charge in [0, 0.05) is 5.02 Å². The lowest BCUT2D eigenvalue weighted by Gasteiger charge is -2.10. The number of rotatable bonds is 2. The largest absolute Gasteiger partial charge is 0.271 e. The molecule has 0 aromatic heterocycles. The molecule has 18 heavy (non-hydrogen) atoms. The molecule has 1 aromatic carbocycles. The molecular weight excluding hydrogens is 320 g/mol. The van der Waals surface area contributed by atoms with E-state index in [4.69, 9.17) is 11.6 Å². The minimum absolute atomic E-state index is 0.269. The van der Waals surface area contributed by atoms with Gasteiger partial charge in [-0.2, -0.15) is 15.3 Å². The Balaban J connectivity index is 2.13. The first kappa shape index (κ1) is 12.9. The van der Waals surface area contributed by atoms with Crippen molar-refractivity contribution in [1.82, 2.24) is 5.43 Å². The van der Waals surface area contributed by atoms with Crippen LogP contribution in [-0.4, -0.2) is 28.9 Å². The SMILES string of the molecule is O=C1NN=C/C(=N/N=C\c2cccc(Cl)c2)C1Br. The fourth-order valence-electron chi connectivity index (χ4n) is 1.24. The molecule has 0 aliphatic carbocycles. The quantitative estimate of drug-likeness (QED) is 0.504. The molecule has 0 bridgehead atoms. The van der Waals surface area contributed by atoms with Crippen LogP contribution in [0.1, 0.15) is 5.56 Å². The van der Waals surface area contributed by atoms with E-state index in [9.17, 15) is 4.79 Å². The summed E-state index contributed by atoms with van der Waals surface area (Å²) in [5, 5.41) is 12.1. The van der Waals surface area contributed by atoms with E-state index < -0.39 is 4.83 Å². The molecule has 1 aliphatic rings. The summed E-state index contributed by atoms with van der Waals surface area (Å²) in [5.41, 5.74) is 3.58. The molecule has 0 radical (unpaired) electrons. The number of alkyl halides is 1. The van der Waals surface area contributed by atoms with Gasteiger partial charge in [0.15, 0.2) is 0 Å². The average molecular weight is 328 g/mol. The van der Waals surface area contributed by atoms with E-state index in [2.05, 4.69) is 36.7 Å². The second-order valence-corrected chi connectivity index (χ2v) is 4.77. The van der Waals surface area contributed by atoms with Crippen molar-refractivity contribution < 1.29 is 4.79 Å². The molecule has 5 nitrogen and oxygen atoms in total. The Morgan fingerprint density at radius 1 is 1.50 bits per heavy atom. The van der Waals surface area contributed by atoms with Gasteiger partial charge in [0.25, 0.3) is 5.91 Å². The van der Waals surface area contributed by atoms with Crippen molar-refractivity contribution in [2.24, 2.45) is 15.3 Å². The number of nitrogens with zero attached hydrogens (tertiary/aromatic N) is 3. The summed E-state index contributed by atoms with van der Waals surface area (Å²) in [4.78, 5) is 10.7. The molecule has 1 unspecified atom stereocenters. The molecule has 0 spiro atoms. The van der Waals surface area contributed by atoms with Crippen LogP contribution in [0.15, 0.2) is 39.6 Å². The van der Waals surface area contributed by atoms with Crippen LogP contribution in [-0.2, 0) is 4.79 Å². The van der Waals surface area contributed by atoms with Crippen LogP contribution in [0.2, 0.25) is 5.02 Å². The van der Waals surface area contributed by atoms with Crippen molar-refractivity contribution in [3.63, 3.8) is 0 Å². The summed E-state index contributed by atoms with van der Waals surface area (Å²) >= 11 is 9.02. The monoisotopic (exact) mass is 326 g/mol. The molecular formula is C11H8BrClN4O. The Morgan fingerprint density at radius 3 is 3.11 bits per heavy atom. The van der Waals surface area contributed by atoms with E-state index in [1.54, 1.807) is 18.3 Å². The van der Waals surface area contributed by atoms with Gasteiger partial charge in [0.2, 0.25) is 0 Å². The molecule has 0 saturated heterocycles. The molecule has 0 saturated carbocycles. The van der Waals surface area contributed by atoms with Crippen LogP contribution in [0, 0.1) is 0 Å². The van der Waals surface area contributed by atoms with Crippen molar-refractivity contribution in [2.45, 2.75) is 4.83 Å². The van der Waals surface area contributed by atoms with E-state index in [1.807, 2.05) is 12.1 Å². The number of benzene rings is 1. The van der Waals surface area contributed by atoms with Gasteiger partial charge in [-0.15, -0.1) is 0 Å². The molecule has 7 heteroatoms. The zero-order valence-electron chi connectivity index (χ0n) is 9.05. The third-order valence-electron chi connectivity index (χ3n) is 2.09. The highest BCUT2D eigenvalue weighted by Gasteiger charge is 2.23. The van der Waals surface area contributed by atoms with Crippen LogP contribution >= 0.6 is 27.5 Å². The number of amides is 1. The van der Waals surface area contributed by atoms with E-state index in [-0.39, 0.29) is 5.91 Å². The van der Waals surface area contributed by atoms with E-state index in [0.29, 0.717) is 10.7 Å². The summed E-state index contributed by atoms with van der Waals surface area (Å²) in [6.45, 7) is 0.